The summed E-state index contributed by atoms with van der Waals surface area (Å²) in [7, 11) is -1.43. The van der Waals surface area contributed by atoms with Crippen LogP contribution >= 0.6 is 0 Å². The molecule has 48 heavy (non-hydrogen) atoms. The number of furan rings is 1. The number of hydrogen-bond donors (Lipinski definition) is 0. The summed E-state index contributed by atoms with van der Waals surface area (Å²) in [5, 5.41) is 3.58. The predicted octanol–water partition coefficient (Wildman–Crippen LogP) is 11.0. The van der Waals surface area contributed by atoms with Gasteiger partial charge < -0.3 is 14.4 Å². The molecule has 1 unspecified atom stereocenters. The Morgan fingerprint density at radius 1 is 0.875 bits per heavy atom. The largest absolute Gasteiger partial charge is 0.486 e. The first-order chi connectivity index (χ1) is 22.3. The zero-order valence-electron chi connectivity index (χ0n) is 30.2. The number of aryl methyl sites for hydroxylation is 1. The number of benzene rings is 2. The average Bonchev–Trinajstić information content (AvgIpc) is 3.42. The van der Waals surface area contributed by atoms with Crippen molar-refractivity contribution in [1.29, 1.82) is 0 Å². The normalized spacial score (nSPS) is 12.5. The van der Waals surface area contributed by atoms with Crippen molar-refractivity contribution in [2.75, 3.05) is 0 Å². The van der Waals surface area contributed by atoms with Crippen LogP contribution in [0.1, 0.15) is 70.7 Å². The summed E-state index contributed by atoms with van der Waals surface area (Å²) in [6, 6.07) is 29.3. The fourth-order valence-electron chi connectivity index (χ4n) is 6.00. The molecule has 6 aromatic rings. The second-order valence-corrected chi connectivity index (χ2v) is 19.9. The number of rotatable bonds is 8. The number of nitrogens with zero attached hydrogens (tertiary/aromatic N) is 3. The van der Waals surface area contributed by atoms with E-state index >= 15 is 0 Å². The molecule has 1 radical (unpaired) electrons. The van der Waals surface area contributed by atoms with Crippen molar-refractivity contribution in [2.45, 2.75) is 86.9 Å². The number of hydrogen-bond acceptors (Lipinski definition) is 4. The van der Waals surface area contributed by atoms with E-state index in [2.05, 4.69) is 126 Å². The van der Waals surface area contributed by atoms with E-state index in [4.69, 9.17) is 9.40 Å². The van der Waals surface area contributed by atoms with Crippen LogP contribution in [0.2, 0.25) is 19.6 Å². The molecule has 6 heteroatoms. The van der Waals surface area contributed by atoms with Crippen molar-refractivity contribution in [1.82, 2.24) is 15.0 Å². The molecule has 0 saturated carbocycles. The second kappa shape index (κ2) is 15.4. The van der Waals surface area contributed by atoms with Crippen LogP contribution in [-0.2, 0) is 26.5 Å². The average molecular weight is 832 g/mol. The van der Waals surface area contributed by atoms with Gasteiger partial charge in [0.1, 0.15) is 0 Å². The van der Waals surface area contributed by atoms with Crippen LogP contribution in [0.3, 0.4) is 0 Å². The molecule has 0 aliphatic heterocycles. The van der Waals surface area contributed by atoms with E-state index in [0.29, 0.717) is 17.5 Å². The van der Waals surface area contributed by atoms with Crippen LogP contribution in [0.5, 0.6) is 0 Å². The van der Waals surface area contributed by atoms with Crippen molar-refractivity contribution < 1.29 is 24.5 Å². The first kappa shape index (κ1) is 37.4. The molecule has 4 nitrogen and oxygen atoms in total. The third-order valence-corrected chi connectivity index (χ3v) is 11.5. The van der Waals surface area contributed by atoms with Crippen molar-refractivity contribution in [2.24, 2.45) is 11.3 Å². The molecule has 4 aromatic heterocycles. The molecule has 0 fully saturated rings. The fraction of sp³-hybridized carbons (Fsp3) is 0.357. The van der Waals surface area contributed by atoms with Gasteiger partial charge in [0.05, 0.1) is 13.7 Å². The van der Waals surface area contributed by atoms with Crippen LogP contribution in [0.15, 0.2) is 83.5 Å². The van der Waals surface area contributed by atoms with Crippen LogP contribution in [-0.4, -0.2) is 23.0 Å². The van der Waals surface area contributed by atoms with Gasteiger partial charge in [-0.3, -0.25) is 0 Å². The Balaban J connectivity index is 0.000000213. The zero-order chi connectivity index (χ0) is 33.9. The molecule has 0 amide bonds. The summed E-state index contributed by atoms with van der Waals surface area (Å²) in [6.07, 6.45) is 6.21. The molecule has 0 N–H and O–H groups in total. The van der Waals surface area contributed by atoms with Crippen molar-refractivity contribution in [3.05, 3.63) is 108 Å². The standard InChI is InChI=1S/C21H19N2O.C21H30NSi.Ir/c1-13(2)11-15-9-10-22-19(12-15)18-6-4-5-16-17-8-7-14(3)23-21(17)24-20(16)18;1-8-21(3,4)16(2)18-14-19(17-12-10-9-11-13-17)22-15-20(18)23(5,6)7;/h4-5,7-10,12-13H,11H2,1-3H3;9-12,14-16H,8H2,1-7H3;/q2*-1;. The minimum absolute atomic E-state index is 0. The topological polar surface area (TPSA) is 51.8 Å². The van der Waals surface area contributed by atoms with Gasteiger partial charge in [-0.2, -0.15) is 0 Å². The molecular weight excluding hydrogens is 783 g/mol. The van der Waals surface area contributed by atoms with E-state index in [-0.39, 0.29) is 25.5 Å². The van der Waals surface area contributed by atoms with Gasteiger partial charge in [-0.05, 0) is 65.4 Å². The molecule has 0 aliphatic carbocycles. The molecule has 253 valence electrons. The second-order valence-electron chi connectivity index (χ2n) is 14.9. The third-order valence-electron chi connectivity index (χ3n) is 9.44. The van der Waals surface area contributed by atoms with Gasteiger partial charge in [0.25, 0.3) is 0 Å². The van der Waals surface area contributed by atoms with Crippen LogP contribution in [0.25, 0.3) is 44.6 Å². The van der Waals surface area contributed by atoms with Crippen molar-refractivity contribution >= 4 is 35.3 Å². The summed E-state index contributed by atoms with van der Waals surface area (Å²) in [5.41, 5.74) is 9.40. The van der Waals surface area contributed by atoms with Gasteiger partial charge >= 0.3 is 0 Å². The SMILES string of the molecule is CCC(C)(C)C(C)c1cc(-c2[c-]cccc2)ncc1[Si](C)(C)C.Cc1ccc2c(n1)oc1c(-c3cc(CC(C)C)ccn3)[c-]ccc12.[Ir]. The Morgan fingerprint density at radius 3 is 2.31 bits per heavy atom. The number of aromatic nitrogens is 3. The van der Waals surface area contributed by atoms with Gasteiger partial charge in [-0.15, -0.1) is 54.1 Å². The van der Waals surface area contributed by atoms with Crippen LogP contribution in [0.4, 0.5) is 0 Å². The maximum atomic E-state index is 6.06. The van der Waals surface area contributed by atoms with E-state index < -0.39 is 8.07 Å². The minimum Gasteiger partial charge on any atom is -0.486 e. The van der Waals surface area contributed by atoms with Crippen LogP contribution < -0.4 is 5.19 Å². The Bertz CT molecular complexity index is 1970. The van der Waals surface area contributed by atoms with E-state index in [1.165, 1.54) is 22.7 Å². The van der Waals surface area contributed by atoms with Crippen molar-refractivity contribution in [3.8, 4) is 22.5 Å². The Morgan fingerprint density at radius 2 is 1.65 bits per heavy atom. The Kier molecular flexibility index (Phi) is 12.0. The van der Waals surface area contributed by atoms with Gasteiger partial charge in [0.2, 0.25) is 5.71 Å². The molecule has 0 bridgehead atoms. The molecule has 2 aromatic carbocycles. The maximum absolute atomic E-state index is 6.06. The molecule has 0 aliphatic rings. The summed E-state index contributed by atoms with van der Waals surface area (Å²) < 4.78 is 6.06. The molecule has 6 rings (SSSR count). The van der Waals surface area contributed by atoms with Gasteiger partial charge in [-0.1, -0.05) is 102 Å². The molecule has 0 saturated heterocycles. The quantitative estimate of drug-likeness (QED) is 0.113. The first-order valence-corrected chi connectivity index (χ1v) is 20.4. The zero-order valence-corrected chi connectivity index (χ0v) is 33.6. The molecular formula is C42H49IrN3OSi-2. The molecule has 0 spiro atoms. The maximum Gasteiger partial charge on any atom is 0.216 e. The summed E-state index contributed by atoms with van der Waals surface area (Å²) in [4.78, 5) is 13.8. The minimum atomic E-state index is -1.43. The Hall–Kier alpha value is -3.44. The Labute approximate surface area is 302 Å². The monoisotopic (exact) mass is 832 g/mol. The van der Waals surface area contributed by atoms with E-state index in [1.54, 1.807) is 0 Å². The van der Waals surface area contributed by atoms with E-state index in [0.717, 1.165) is 51.0 Å². The summed E-state index contributed by atoms with van der Waals surface area (Å²) >= 11 is 0. The first-order valence-electron chi connectivity index (χ1n) is 16.9. The number of fused-ring (bicyclic) bond motifs is 3. The summed E-state index contributed by atoms with van der Waals surface area (Å²) in [5.74, 6) is 1.12. The van der Waals surface area contributed by atoms with Crippen molar-refractivity contribution in [3.63, 3.8) is 0 Å². The van der Waals surface area contributed by atoms with Gasteiger partial charge in [0.15, 0.2) is 0 Å². The number of pyridine rings is 3. The van der Waals surface area contributed by atoms with Gasteiger partial charge in [-0.25, -0.2) is 4.98 Å². The van der Waals surface area contributed by atoms with E-state index in [1.807, 2.05) is 43.5 Å². The fourth-order valence-corrected chi connectivity index (χ4v) is 7.60. The third kappa shape index (κ3) is 8.40. The van der Waals surface area contributed by atoms with Gasteiger partial charge in [0, 0.05) is 43.6 Å². The molecule has 1 atom stereocenters. The van der Waals surface area contributed by atoms with E-state index in [9.17, 15) is 0 Å². The predicted molar refractivity (Wildman–Crippen MR) is 201 cm³/mol. The summed E-state index contributed by atoms with van der Waals surface area (Å²) in [6.45, 7) is 23.1. The molecule has 4 heterocycles. The van der Waals surface area contributed by atoms with Crippen LogP contribution in [0, 0.1) is 30.4 Å². The smallest absolute Gasteiger partial charge is 0.216 e.